The minimum Gasteiger partial charge on any atom is -0.461 e. The lowest BCUT2D eigenvalue weighted by Crippen LogP contribution is -2.09. The van der Waals surface area contributed by atoms with Crippen LogP contribution in [0.1, 0.15) is 34.8 Å². The molecule has 2 aromatic rings. The molecule has 2 rings (SSSR count). The summed E-state index contributed by atoms with van der Waals surface area (Å²) in [6.07, 6.45) is 0. The second-order valence-electron chi connectivity index (χ2n) is 4.26. The van der Waals surface area contributed by atoms with E-state index in [9.17, 15) is 9.59 Å². The van der Waals surface area contributed by atoms with E-state index >= 15 is 0 Å². The van der Waals surface area contributed by atoms with Gasteiger partial charge in [0.15, 0.2) is 0 Å². The number of esters is 2. The number of pyridine rings is 2. The Kier molecular flexibility index (Phi) is 5.19. The molecule has 0 radical (unpaired) electrons. The summed E-state index contributed by atoms with van der Waals surface area (Å²) in [4.78, 5) is 31.9. The van der Waals surface area contributed by atoms with Gasteiger partial charge in [-0.15, -0.1) is 0 Å². The molecule has 6 nitrogen and oxygen atoms in total. The van der Waals surface area contributed by atoms with Gasteiger partial charge in [-0.2, -0.15) is 0 Å². The zero-order chi connectivity index (χ0) is 15.9. The smallest absolute Gasteiger partial charge is 0.356 e. The summed E-state index contributed by atoms with van der Waals surface area (Å²) < 4.78 is 9.83. The molecule has 2 heterocycles. The van der Waals surface area contributed by atoms with Crippen LogP contribution < -0.4 is 0 Å². The SMILES string of the molecule is CCOC(=O)c1cccc(-c2cccc(C(=O)OCC)n2)n1. The zero-order valence-electron chi connectivity index (χ0n) is 12.4. The maximum atomic E-state index is 11.7. The first-order valence-corrected chi connectivity index (χ1v) is 6.94. The van der Waals surface area contributed by atoms with Crippen molar-refractivity contribution in [2.24, 2.45) is 0 Å². The van der Waals surface area contributed by atoms with Crippen LogP contribution in [0.2, 0.25) is 0 Å². The van der Waals surface area contributed by atoms with E-state index in [2.05, 4.69) is 9.97 Å². The topological polar surface area (TPSA) is 78.4 Å². The summed E-state index contributed by atoms with van der Waals surface area (Å²) in [5, 5.41) is 0. The molecule has 0 aromatic carbocycles. The third kappa shape index (κ3) is 3.66. The summed E-state index contributed by atoms with van der Waals surface area (Å²) >= 11 is 0. The normalized spacial score (nSPS) is 10.1. The van der Waals surface area contributed by atoms with Crippen molar-refractivity contribution in [3.63, 3.8) is 0 Å². The summed E-state index contributed by atoms with van der Waals surface area (Å²) in [6.45, 7) is 4.01. The minimum absolute atomic E-state index is 0.197. The van der Waals surface area contributed by atoms with E-state index in [0.29, 0.717) is 11.4 Å². The number of ether oxygens (including phenoxy) is 2. The molecule has 0 bridgehead atoms. The highest BCUT2D eigenvalue weighted by molar-refractivity contribution is 5.89. The highest BCUT2D eigenvalue weighted by Crippen LogP contribution is 2.16. The van der Waals surface area contributed by atoms with Gasteiger partial charge in [0.25, 0.3) is 0 Å². The minimum atomic E-state index is -0.495. The van der Waals surface area contributed by atoms with Crippen molar-refractivity contribution in [2.75, 3.05) is 13.2 Å². The fraction of sp³-hybridized carbons (Fsp3) is 0.250. The van der Waals surface area contributed by atoms with Crippen LogP contribution in [0.25, 0.3) is 11.4 Å². The van der Waals surface area contributed by atoms with Crippen LogP contribution >= 0.6 is 0 Å². The summed E-state index contributed by atoms with van der Waals surface area (Å²) in [7, 11) is 0. The van der Waals surface area contributed by atoms with E-state index in [-0.39, 0.29) is 24.6 Å². The predicted octanol–water partition coefficient (Wildman–Crippen LogP) is 2.50. The molecule has 6 heteroatoms. The first-order valence-electron chi connectivity index (χ1n) is 6.94. The molecule has 0 fully saturated rings. The average molecular weight is 300 g/mol. The maximum Gasteiger partial charge on any atom is 0.356 e. The summed E-state index contributed by atoms with van der Waals surface area (Å²) in [5.41, 5.74) is 1.36. The van der Waals surface area contributed by atoms with Gasteiger partial charge >= 0.3 is 11.9 Å². The molecule has 114 valence electrons. The molecule has 0 aliphatic rings. The molecule has 0 N–H and O–H groups in total. The van der Waals surface area contributed by atoms with Crippen LogP contribution in [0.15, 0.2) is 36.4 Å². The van der Waals surface area contributed by atoms with E-state index in [1.54, 1.807) is 50.2 Å². The maximum absolute atomic E-state index is 11.7. The molecule has 22 heavy (non-hydrogen) atoms. The Bertz CT molecular complexity index is 626. The van der Waals surface area contributed by atoms with E-state index in [4.69, 9.17) is 9.47 Å². The number of rotatable bonds is 5. The van der Waals surface area contributed by atoms with Crippen LogP contribution in [-0.4, -0.2) is 35.1 Å². The highest BCUT2D eigenvalue weighted by Gasteiger charge is 2.13. The van der Waals surface area contributed by atoms with Gasteiger partial charge < -0.3 is 9.47 Å². The third-order valence-corrected chi connectivity index (χ3v) is 2.73. The molecule has 0 spiro atoms. The fourth-order valence-corrected chi connectivity index (χ4v) is 1.79. The van der Waals surface area contributed by atoms with Gasteiger partial charge in [0, 0.05) is 0 Å². The van der Waals surface area contributed by atoms with Gasteiger partial charge in [-0.1, -0.05) is 12.1 Å². The van der Waals surface area contributed by atoms with Crippen molar-refractivity contribution in [3.05, 3.63) is 47.8 Å². The lowest BCUT2D eigenvalue weighted by atomic mass is 10.2. The molecule has 0 amide bonds. The Hall–Kier alpha value is -2.76. The van der Waals surface area contributed by atoms with E-state index in [0.717, 1.165) is 0 Å². The predicted molar refractivity (Wildman–Crippen MR) is 79.4 cm³/mol. The van der Waals surface area contributed by atoms with Gasteiger partial charge in [0.05, 0.1) is 24.6 Å². The molecule has 2 aromatic heterocycles. The number of hydrogen-bond donors (Lipinski definition) is 0. The largest absolute Gasteiger partial charge is 0.461 e. The summed E-state index contributed by atoms with van der Waals surface area (Å²) in [5.74, 6) is -0.989. The Morgan fingerprint density at radius 2 is 1.23 bits per heavy atom. The lowest BCUT2D eigenvalue weighted by Gasteiger charge is -2.06. The van der Waals surface area contributed by atoms with Crippen molar-refractivity contribution >= 4 is 11.9 Å². The molecule has 0 atom stereocenters. The third-order valence-electron chi connectivity index (χ3n) is 2.73. The Morgan fingerprint density at radius 1 is 0.818 bits per heavy atom. The van der Waals surface area contributed by atoms with Gasteiger partial charge in [0.2, 0.25) is 0 Å². The lowest BCUT2D eigenvalue weighted by molar-refractivity contribution is 0.0509. The molecular formula is C16H16N2O4. The summed E-state index contributed by atoms with van der Waals surface area (Å²) in [6, 6.07) is 9.92. The Labute approximate surface area is 128 Å². The number of carbonyl (C=O) groups excluding carboxylic acids is 2. The number of nitrogens with zero attached hydrogens (tertiary/aromatic N) is 2. The van der Waals surface area contributed by atoms with Gasteiger partial charge in [0.1, 0.15) is 11.4 Å². The van der Waals surface area contributed by atoms with E-state index < -0.39 is 11.9 Å². The fourth-order valence-electron chi connectivity index (χ4n) is 1.79. The van der Waals surface area contributed by atoms with Gasteiger partial charge in [-0.25, -0.2) is 19.6 Å². The van der Waals surface area contributed by atoms with Crippen molar-refractivity contribution in [2.45, 2.75) is 13.8 Å². The molecule has 0 saturated heterocycles. The van der Waals surface area contributed by atoms with Crippen LogP contribution in [0.3, 0.4) is 0 Å². The molecular weight excluding hydrogens is 284 g/mol. The molecule has 0 aliphatic carbocycles. The Morgan fingerprint density at radius 3 is 1.59 bits per heavy atom. The van der Waals surface area contributed by atoms with Crippen molar-refractivity contribution in [1.82, 2.24) is 9.97 Å². The van der Waals surface area contributed by atoms with Gasteiger partial charge in [-0.05, 0) is 38.1 Å². The van der Waals surface area contributed by atoms with Crippen molar-refractivity contribution < 1.29 is 19.1 Å². The molecule has 0 unspecified atom stereocenters. The average Bonchev–Trinajstić information content (AvgIpc) is 2.55. The van der Waals surface area contributed by atoms with Gasteiger partial charge in [-0.3, -0.25) is 0 Å². The monoisotopic (exact) mass is 300 g/mol. The quantitative estimate of drug-likeness (QED) is 0.789. The first kappa shape index (κ1) is 15.6. The second-order valence-corrected chi connectivity index (χ2v) is 4.26. The van der Waals surface area contributed by atoms with Crippen molar-refractivity contribution in [1.29, 1.82) is 0 Å². The van der Waals surface area contributed by atoms with E-state index in [1.165, 1.54) is 0 Å². The number of aromatic nitrogens is 2. The van der Waals surface area contributed by atoms with Crippen molar-refractivity contribution in [3.8, 4) is 11.4 Å². The highest BCUT2D eigenvalue weighted by atomic mass is 16.5. The first-order chi connectivity index (χ1) is 10.7. The number of hydrogen-bond acceptors (Lipinski definition) is 6. The van der Waals surface area contributed by atoms with E-state index in [1.807, 2.05) is 0 Å². The molecule has 0 saturated carbocycles. The van der Waals surface area contributed by atoms with Crippen LogP contribution in [0.5, 0.6) is 0 Å². The van der Waals surface area contributed by atoms with Crippen LogP contribution in [-0.2, 0) is 9.47 Å². The second kappa shape index (κ2) is 7.31. The number of carbonyl (C=O) groups is 2. The zero-order valence-corrected chi connectivity index (χ0v) is 12.4. The molecule has 0 aliphatic heterocycles. The van der Waals surface area contributed by atoms with Crippen LogP contribution in [0.4, 0.5) is 0 Å². The van der Waals surface area contributed by atoms with Crippen LogP contribution in [0, 0.1) is 0 Å². The Balaban J connectivity index is 2.32. The standard InChI is InChI=1S/C16H16N2O4/c1-3-21-15(19)13-9-5-7-11(17-13)12-8-6-10-14(18-12)16(20)22-4-2/h5-10H,3-4H2,1-2H3.